The Kier molecular flexibility index (Phi) is 24.0. The first kappa shape index (κ1) is 96.4. The Balaban J connectivity index is 0.000000143. The number of hydrogen-bond donors (Lipinski definition) is 0. The van der Waals surface area contributed by atoms with Gasteiger partial charge in [0.1, 0.15) is 0 Å². The Morgan fingerprint density at radius 2 is 0.472 bits per heavy atom. The normalized spacial score (nSPS) is 17.8. The third kappa shape index (κ3) is 17.0. The predicted molar refractivity (Wildman–Crippen MR) is 607 cm³/mol. The van der Waals surface area contributed by atoms with E-state index in [1.54, 1.807) is 0 Å². The first-order valence-electron chi connectivity index (χ1n) is 50.3. The number of hydrogen-bond acceptors (Lipinski definition) is 10. The van der Waals surface area contributed by atoms with E-state index in [0.717, 1.165) is 87.5 Å². The van der Waals surface area contributed by atoms with E-state index in [2.05, 4.69) is 498 Å². The highest BCUT2D eigenvalue weighted by Crippen LogP contribution is 2.55. The first-order chi connectivity index (χ1) is 68.6. The third-order valence-electron chi connectivity index (χ3n) is 32.5. The highest BCUT2D eigenvalue weighted by atomic mass is 79.9. The van der Waals surface area contributed by atoms with Gasteiger partial charge in [-0.2, -0.15) is 0 Å². The summed E-state index contributed by atoms with van der Waals surface area (Å²) in [6.45, 7) is 42.4. The summed E-state index contributed by atoms with van der Waals surface area (Å²) in [4.78, 5) is 4.79. The molecule has 2 aromatic heterocycles. The summed E-state index contributed by atoms with van der Waals surface area (Å²) in [6, 6.07) is 133. The molecule has 144 heavy (non-hydrogen) atoms. The van der Waals surface area contributed by atoms with Gasteiger partial charge in [0.05, 0.1) is 66.9 Å². The Morgan fingerprint density at radius 1 is 0.208 bits per heavy atom. The summed E-state index contributed by atoms with van der Waals surface area (Å²) in [6.07, 6.45) is 0. The first-order valence-corrected chi connectivity index (χ1v) is 51.9. The van der Waals surface area contributed by atoms with E-state index in [4.69, 9.17) is 37.2 Å². The van der Waals surface area contributed by atoms with Crippen molar-refractivity contribution in [1.82, 2.24) is 9.13 Å². The van der Waals surface area contributed by atoms with E-state index in [-0.39, 0.29) is 33.2 Å². The lowest BCUT2D eigenvalue weighted by molar-refractivity contribution is 0.00578. The molecule has 0 spiro atoms. The minimum absolute atomic E-state index is 0.0934. The number of aromatic nitrogens is 2. The zero-order valence-corrected chi connectivity index (χ0v) is 88.9. The molecular formula is C126H120B4Br2N4O8. The van der Waals surface area contributed by atoms with E-state index < -0.39 is 50.7 Å². The van der Waals surface area contributed by atoms with Gasteiger partial charge < -0.3 is 56.2 Å². The van der Waals surface area contributed by atoms with Gasteiger partial charge >= 0.3 is 28.3 Å². The second-order valence-corrected chi connectivity index (χ2v) is 46.3. The molecule has 0 saturated carbocycles. The SMILES string of the molecule is CC1(C)OB(B2OC(C)(C)C(C)(C)O2)OC1(C)C.CC1(C)c2ccccc2-c2ccc(N(c3ccc(-c4ccccc4)cc3)c3ccc(-c4ccc5c(c4)c4ccccc4n5-c4cc(B5OC(C)(C)C(C)(C)O5)cc(B5OC(C)(C)C(C)(C)O5)c4)cc3)cc21.CC1(C)c2ccccc2-c2ccc(N(c3ccc(-c4ccccc4)cc3)c3ccc(-c4ccc5c(c4)c4ccccc4n5-c4cc(Br)cc(Br)c4)cc3)cc21. The quantitative estimate of drug-likeness (QED) is 0.0925. The van der Waals surface area contributed by atoms with Gasteiger partial charge in [0.25, 0.3) is 0 Å². The van der Waals surface area contributed by atoms with Crippen molar-refractivity contribution in [2.45, 2.75) is 194 Å². The Labute approximate surface area is 865 Å². The molecule has 6 heterocycles. The molecule has 718 valence electrons. The van der Waals surface area contributed by atoms with Gasteiger partial charge in [-0.3, -0.25) is 0 Å². The van der Waals surface area contributed by atoms with Gasteiger partial charge in [-0.25, -0.2) is 0 Å². The average Bonchev–Trinajstić information content (AvgIpc) is 1.59. The molecular weight excluding hydrogens is 1900 g/mol. The highest BCUT2D eigenvalue weighted by Gasteiger charge is 2.64. The van der Waals surface area contributed by atoms with Gasteiger partial charge in [0.2, 0.25) is 0 Å². The molecule has 4 saturated heterocycles. The fourth-order valence-electron chi connectivity index (χ4n) is 21.6. The fraction of sp³-hybridized carbons (Fsp3) is 0.238. The van der Waals surface area contributed by atoms with Gasteiger partial charge in [-0.05, 0) is 350 Å². The van der Waals surface area contributed by atoms with Crippen LogP contribution in [-0.2, 0) is 48.1 Å². The lowest BCUT2D eigenvalue weighted by atomic mass is 9.49. The van der Waals surface area contributed by atoms with E-state index in [1.165, 1.54) is 110 Å². The van der Waals surface area contributed by atoms with Crippen LogP contribution in [0.4, 0.5) is 34.1 Å². The van der Waals surface area contributed by atoms with Crippen LogP contribution in [0.1, 0.15) is 161 Å². The van der Waals surface area contributed by atoms with Crippen molar-refractivity contribution < 1.29 is 37.2 Å². The van der Waals surface area contributed by atoms with Crippen LogP contribution in [0.2, 0.25) is 0 Å². The molecule has 4 fully saturated rings. The molecule has 4 aliphatic heterocycles. The molecule has 0 amide bonds. The summed E-state index contributed by atoms with van der Waals surface area (Å²) in [5.41, 5.74) is 31.8. The smallest absolute Gasteiger partial charge is 0.405 e. The van der Waals surface area contributed by atoms with Crippen molar-refractivity contribution in [2.24, 2.45) is 0 Å². The van der Waals surface area contributed by atoms with Crippen LogP contribution in [-0.4, -0.2) is 82.2 Å². The van der Waals surface area contributed by atoms with Gasteiger partial charge in [0, 0.05) is 86.8 Å². The third-order valence-corrected chi connectivity index (χ3v) is 33.4. The molecule has 12 nitrogen and oxygen atoms in total. The lowest BCUT2D eigenvalue weighted by Gasteiger charge is -2.32. The van der Waals surface area contributed by atoms with Crippen LogP contribution < -0.4 is 20.7 Å². The predicted octanol–water partition coefficient (Wildman–Crippen LogP) is 32.2. The second-order valence-electron chi connectivity index (χ2n) is 44.5. The molecule has 0 unspecified atom stereocenters. The number of para-hydroxylation sites is 2. The van der Waals surface area contributed by atoms with Crippen molar-refractivity contribution in [3.05, 3.63) is 395 Å². The second kappa shape index (κ2) is 35.8. The summed E-state index contributed by atoms with van der Waals surface area (Å²) < 4.78 is 57.3. The largest absolute Gasteiger partial charge is 0.494 e. The average molecular weight is 2020 g/mol. The van der Waals surface area contributed by atoms with Crippen LogP contribution in [0.25, 0.3) is 122 Å². The molecule has 24 rings (SSSR count). The van der Waals surface area contributed by atoms with Crippen molar-refractivity contribution in [3.8, 4) is 78.1 Å². The molecule has 0 bridgehead atoms. The maximum Gasteiger partial charge on any atom is 0.494 e. The standard InChI is InChI=1S/C63H60B2N2O4.C51H36Br2N2.C12H24B2O4/c1-59(2)55-22-16-14-20-51(55)52-34-33-49(40-56(52)59)66(47-29-24-42(25-30-47)41-18-12-11-13-19-41)48-31-26-43(27-32-48)44-28-35-58-54(36-44)53-21-15-17-23-57(53)67(58)50-38-45(64-68-60(3,4)61(5,6)69-64)37-46(39-50)65-70-62(7,8)63(9,10)71-65;1-51(2)47-14-8-6-12-43(47)44-26-25-41(32-48(44)51)54(39-21-16-34(17-22-39)33-10-4-3-5-11-33)40-23-18-35(19-24-40)36-20-27-50-46(28-36)45-13-7-9-15-49(45)55(50)42-30-37(52)29-38(53)31-42;1-9(2)10(3,4)16-13(15-9)14-17-11(5,6)12(7,8)18-14/h11-40H,1-10H3;3-32H,1-2H3;1-8H3. The van der Waals surface area contributed by atoms with Crippen LogP contribution in [0.5, 0.6) is 0 Å². The van der Waals surface area contributed by atoms with Crippen LogP contribution >= 0.6 is 31.9 Å². The number of fused-ring (bicyclic) bond motifs is 12. The number of halogens is 2. The number of anilines is 6. The van der Waals surface area contributed by atoms with Crippen molar-refractivity contribution >= 4 is 149 Å². The minimum atomic E-state index is -0.569. The fourth-order valence-corrected chi connectivity index (χ4v) is 22.8. The van der Waals surface area contributed by atoms with Crippen molar-refractivity contribution in [3.63, 3.8) is 0 Å². The molecule has 18 heteroatoms. The summed E-state index contributed by atoms with van der Waals surface area (Å²) >= 11 is 7.41. The molecule has 0 atom stereocenters. The van der Waals surface area contributed by atoms with E-state index in [9.17, 15) is 0 Å². The zero-order chi connectivity index (χ0) is 100. The van der Waals surface area contributed by atoms with Crippen molar-refractivity contribution in [2.75, 3.05) is 9.80 Å². The molecule has 6 aliphatic rings. The molecule has 0 radical (unpaired) electrons. The van der Waals surface area contributed by atoms with E-state index in [0.29, 0.717) is 0 Å². The zero-order valence-electron chi connectivity index (χ0n) is 85.8. The Bertz CT molecular complexity index is 7860. The number of nitrogens with zero attached hydrogens (tertiary/aromatic N) is 4. The van der Waals surface area contributed by atoms with E-state index in [1.807, 2.05) is 55.4 Å². The summed E-state index contributed by atoms with van der Waals surface area (Å²) in [7, 11) is -2.09. The lowest BCUT2D eigenvalue weighted by Crippen LogP contribution is -2.41. The van der Waals surface area contributed by atoms with Crippen LogP contribution in [0.15, 0.2) is 373 Å². The number of benzene rings is 16. The summed E-state index contributed by atoms with van der Waals surface area (Å²) in [5, 5.41) is 4.81. The minimum Gasteiger partial charge on any atom is -0.405 e. The van der Waals surface area contributed by atoms with E-state index >= 15 is 0 Å². The van der Waals surface area contributed by atoms with Gasteiger partial charge in [-0.15, -0.1) is 0 Å². The van der Waals surface area contributed by atoms with Crippen molar-refractivity contribution in [1.29, 1.82) is 0 Å². The van der Waals surface area contributed by atoms with Gasteiger partial charge in [-0.1, -0.05) is 284 Å². The maximum atomic E-state index is 6.68. The molecule has 16 aromatic carbocycles. The van der Waals surface area contributed by atoms with Gasteiger partial charge in [0.15, 0.2) is 0 Å². The monoisotopic (exact) mass is 2020 g/mol. The summed E-state index contributed by atoms with van der Waals surface area (Å²) in [5.74, 6) is 0. The van der Waals surface area contributed by atoms with Crippen LogP contribution in [0.3, 0.4) is 0 Å². The highest BCUT2D eigenvalue weighted by molar-refractivity contribution is 9.11. The Morgan fingerprint density at radius 3 is 0.819 bits per heavy atom. The van der Waals surface area contributed by atoms with Crippen LogP contribution in [0, 0.1) is 0 Å². The molecule has 0 N–H and O–H groups in total. The maximum absolute atomic E-state index is 6.68. The molecule has 2 aliphatic carbocycles. The number of rotatable bonds is 15. The topological polar surface area (TPSA) is 90.2 Å². The molecule has 18 aromatic rings. The Hall–Kier alpha value is -12.4.